The van der Waals surface area contributed by atoms with Crippen molar-refractivity contribution in [3.63, 3.8) is 0 Å². The second kappa shape index (κ2) is 12.0. The number of nitrogens with zero attached hydrogens (tertiary/aromatic N) is 3. The van der Waals surface area contributed by atoms with Crippen LogP contribution < -0.4 is 5.32 Å². The third-order valence-electron chi connectivity index (χ3n) is 6.94. The summed E-state index contributed by atoms with van der Waals surface area (Å²) in [5, 5.41) is 3.70. The van der Waals surface area contributed by atoms with Crippen LogP contribution in [0.1, 0.15) is 39.2 Å². The smallest absolute Gasteiger partial charge is 0.379 e. The molecule has 5 rings (SSSR count). The van der Waals surface area contributed by atoms with E-state index in [1.54, 1.807) is 30.6 Å². The monoisotopic (exact) mass is 537 g/mol. The van der Waals surface area contributed by atoms with E-state index in [-0.39, 0.29) is 5.69 Å². The number of anilines is 1. The topological polar surface area (TPSA) is 83.1 Å². The molecule has 10 heteroatoms. The van der Waals surface area contributed by atoms with Crippen LogP contribution in [0.3, 0.4) is 0 Å². The maximum atomic E-state index is 13.7. The second-order valence-electron chi connectivity index (χ2n) is 9.64. The quantitative estimate of drug-likeness (QED) is 0.304. The largest absolute Gasteiger partial charge is 0.416 e. The number of morpholine rings is 1. The minimum Gasteiger partial charge on any atom is -0.379 e. The van der Waals surface area contributed by atoms with Crippen LogP contribution in [0.2, 0.25) is 0 Å². The Morgan fingerprint density at radius 1 is 1.03 bits per heavy atom. The van der Waals surface area contributed by atoms with Gasteiger partial charge in [0.15, 0.2) is 0 Å². The van der Waals surface area contributed by atoms with Crippen LogP contribution >= 0.6 is 0 Å². The highest BCUT2D eigenvalue weighted by Crippen LogP contribution is 2.32. The zero-order chi connectivity index (χ0) is 27.2. The molecule has 0 unspecified atom stereocenters. The molecule has 7 nitrogen and oxygen atoms in total. The number of H-pyrrole nitrogens is 1. The molecule has 0 bridgehead atoms. The fraction of sp³-hybridized carbons (Fsp3) is 0.345. The summed E-state index contributed by atoms with van der Waals surface area (Å²) in [6.07, 6.45) is 2.95. The first-order valence-corrected chi connectivity index (χ1v) is 13.0. The van der Waals surface area contributed by atoms with E-state index in [1.807, 2.05) is 18.3 Å². The molecule has 1 aliphatic rings. The zero-order valence-electron chi connectivity index (χ0n) is 21.4. The van der Waals surface area contributed by atoms with Crippen molar-refractivity contribution >= 4 is 22.6 Å². The molecule has 1 saturated heterocycles. The molecule has 0 atom stereocenters. The van der Waals surface area contributed by atoms with Gasteiger partial charge < -0.3 is 15.0 Å². The van der Waals surface area contributed by atoms with Crippen molar-refractivity contribution in [2.45, 2.75) is 31.9 Å². The van der Waals surface area contributed by atoms with E-state index in [0.717, 1.165) is 42.3 Å². The first kappa shape index (κ1) is 26.8. The van der Waals surface area contributed by atoms with Crippen molar-refractivity contribution < 1.29 is 22.7 Å². The highest BCUT2D eigenvalue weighted by Gasteiger charge is 2.31. The Hall–Kier alpha value is -3.76. The van der Waals surface area contributed by atoms with Crippen molar-refractivity contribution in [1.82, 2.24) is 19.9 Å². The van der Waals surface area contributed by atoms with Crippen LogP contribution in [0, 0.1) is 0 Å². The van der Waals surface area contributed by atoms with E-state index in [2.05, 4.69) is 25.2 Å². The number of hydrogen-bond acceptors (Lipinski definition) is 5. The van der Waals surface area contributed by atoms with E-state index in [0.29, 0.717) is 55.7 Å². The normalized spacial score (nSPS) is 14.5. The molecule has 0 spiro atoms. The SMILES string of the molecule is O=C(Nc1cc(CCCN2CCOCC2)cc(C(F)(F)F)c1)c1cccnc1CCc1ccnc2[nH]ccc12. The standard InChI is InChI=1S/C29H30F3N5O2/c30-29(31,32)22-17-20(3-2-12-37-13-15-39-16-14-37)18-23(19-22)36-28(38)25-4-1-9-33-26(25)6-5-21-7-10-34-27-24(21)8-11-35-27/h1,4,7-11,17-19H,2-3,5-6,12-16H2,(H,34,35)(H,36,38). The molecule has 0 saturated carbocycles. The molecule has 4 heterocycles. The molecule has 1 fully saturated rings. The molecule has 3 aromatic heterocycles. The van der Waals surface area contributed by atoms with Gasteiger partial charge in [-0.15, -0.1) is 0 Å². The van der Waals surface area contributed by atoms with E-state index in [1.165, 1.54) is 6.07 Å². The molecule has 204 valence electrons. The van der Waals surface area contributed by atoms with Gasteiger partial charge in [-0.3, -0.25) is 14.7 Å². The number of ether oxygens (including phenoxy) is 1. The summed E-state index contributed by atoms with van der Waals surface area (Å²) in [5.41, 5.74) is 2.65. The van der Waals surface area contributed by atoms with Crippen molar-refractivity contribution in [2.75, 3.05) is 38.2 Å². The van der Waals surface area contributed by atoms with E-state index in [4.69, 9.17) is 4.74 Å². The van der Waals surface area contributed by atoms with Crippen LogP contribution in [-0.2, 0) is 30.2 Å². The first-order chi connectivity index (χ1) is 18.9. The number of fused-ring (bicyclic) bond motifs is 1. The van der Waals surface area contributed by atoms with Crippen LogP contribution in [0.4, 0.5) is 18.9 Å². The third kappa shape index (κ3) is 6.82. The van der Waals surface area contributed by atoms with Gasteiger partial charge in [0.1, 0.15) is 5.65 Å². The van der Waals surface area contributed by atoms with Crippen molar-refractivity contribution in [1.29, 1.82) is 0 Å². The summed E-state index contributed by atoms with van der Waals surface area (Å²) in [6, 6.07) is 11.0. The summed E-state index contributed by atoms with van der Waals surface area (Å²) in [4.78, 5) is 27.3. The van der Waals surface area contributed by atoms with Gasteiger partial charge in [-0.25, -0.2) is 4.98 Å². The number of halogens is 3. The van der Waals surface area contributed by atoms with Crippen molar-refractivity contribution in [2.24, 2.45) is 0 Å². The number of alkyl halides is 3. The number of aromatic amines is 1. The average molecular weight is 538 g/mol. The van der Waals surface area contributed by atoms with Crippen LogP contribution in [0.15, 0.2) is 61.1 Å². The van der Waals surface area contributed by atoms with Gasteiger partial charge in [-0.2, -0.15) is 13.2 Å². The lowest BCUT2D eigenvalue weighted by Crippen LogP contribution is -2.36. The minimum atomic E-state index is -4.52. The predicted molar refractivity (Wildman–Crippen MR) is 143 cm³/mol. The molecular weight excluding hydrogens is 507 g/mol. The van der Waals surface area contributed by atoms with Gasteiger partial charge in [-0.1, -0.05) is 0 Å². The van der Waals surface area contributed by atoms with Gasteiger partial charge in [0.2, 0.25) is 0 Å². The number of aromatic nitrogens is 3. The average Bonchev–Trinajstić information content (AvgIpc) is 3.42. The molecular formula is C29H30F3N5O2. The van der Waals surface area contributed by atoms with Crippen LogP contribution in [0.25, 0.3) is 11.0 Å². The maximum Gasteiger partial charge on any atom is 0.416 e. The van der Waals surface area contributed by atoms with Gasteiger partial charge >= 0.3 is 6.18 Å². The first-order valence-electron chi connectivity index (χ1n) is 13.0. The summed E-state index contributed by atoms with van der Waals surface area (Å²) in [7, 11) is 0. The van der Waals surface area contributed by atoms with Gasteiger partial charge in [0.05, 0.1) is 30.0 Å². The number of hydrogen-bond donors (Lipinski definition) is 2. The zero-order valence-corrected chi connectivity index (χ0v) is 21.4. The fourth-order valence-electron chi connectivity index (χ4n) is 4.94. The lowest BCUT2D eigenvalue weighted by Gasteiger charge is -2.26. The van der Waals surface area contributed by atoms with Crippen molar-refractivity contribution in [3.8, 4) is 0 Å². The number of pyridine rings is 2. The lowest BCUT2D eigenvalue weighted by atomic mass is 10.0. The van der Waals surface area contributed by atoms with E-state index < -0.39 is 17.6 Å². The molecule has 0 radical (unpaired) electrons. The molecule has 0 aliphatic carbocycles. The molecule has 1 aliphatic heterocycles. The molecule has 39 heavy (non-hydrogen) atoms. The number of rotatable bonds is 9. The number of benzene rings is 1. The second-order valence-corrected chi connectivity index (χ2v) is 9.64. The maximum absolute atomic E-state index is 13.7. The number of nitrogens with one attached hydrogen (secondary N) is 2. The number of carbonyl (C=O) groups excluding carboxylic acids is 1. The molecule has 1 aromatic carbocycles. The predicted octanol–water partition coefficient (Wildman–Crippen LogP) is 5.28. The number of amides is 1. The van der Waals surface area contributed by atoms with Crippen LogP contribution in [-0.4, -0.2) is 58.6 Å². The summed E-state index contributed by atoms with van der Waals surface area (Å²) < 4.78 is 46.4. The highest BCUT2D eigenvalue weighted by molar-refractivity contribution is 6.05. The Labute approximate surface area is 224 Å². The Kier molecular flexibility index (Phi) is 8.23. The van der Waals surface area contributed by atoms with Crippen LogP contribution in [0.5, 0.6) is 0 Å². The molecule has 2 N–H and O–H groups in total. The van der Waals surface area contributed by atoms with Gasteiger partial charge in [0, 0.05) is 42.8 Å². The Balaban J connectivity index is 1.30. The van der Waals surface area contributed by atoms with Crippen molar-refractivity contribution in [3.05, 3.63) is 89.0 Å². The summed E-state index contributed by atoms with van der Waals surface area (Å²) in [5.74, 6) is -0.488. The fourth-order valence-corrected chi connectivity index (χ4v) is 4.94. The molecule has 1 amide bonds. The van der Waals surface area contributed by atoms with Gasteiger partial charge in [0.25, 0.3) is 5.91 Å². The number of carbonyl (C=O) groups is 1. The Morgan fingerprint density at radius 3 is 2.69 bits per heavy atom. The van der Waals surface area contributed by atoms with E-state index in [9.17, 15) is 18.0 Å². The van der Waals surface area contributed by atoms with E-state index >= 15 is 0 Å². The lowest BCUT2D eigenvalue weighted by molar-refractivity contribution is -0.137. The van der Waals surface area contributed by atoms with Gasteiger partial charge in [-0.05, 0) is 85.8 Å². The number of aryl methyl sites for hydroxylation is 3. The summed E-state index contributed by atoms with van der Waals surface area (Å²) in [6.45, 7) is 3.79. The molecule has 4 aromatic rings. The Morgan fingerprint density at radius 2 is 1.87 bits per heavy atom. The third-order valence-corrected chi connectivity index (χ3v) is 6.94. The highest BCUT2D eigenvalue weighted by atomic mass is 19.4. The minimum absolute atomic E-state index is 0.120. The summed E-state index contributed by atoms with van der Waals surface area (Å²) >= 11 is 0. The Bertz CT molecular complexity index is 1430.